The third-order valence-electron chi connectivity index (χ3n) is 8.76. The van der Waals surface area contributed by atoms with Gasteiger partial charge in [-0.15, -0.1) is 0 Å². The quantitative estimate of drug-likeness (QED) is 0.128. The summed E-state index contributed by atoms with van der Waals surface area (Å²) in [7, 11) is 0. The van der Waals surface area contributed by atoms with E-state index in [0.717, 1.165) is 80.7 Å². The number of fused-ring (bicyclic) bond motifs is 2. The second kappa shape index (κ2) is 11.7. The van der Waals surface area contributed by atoms with Crippen LogP contribution < -0.4 is 14.4 Å². The van der Waals surface area contributed by atoms with Crippen LogP contribution in [0.25, 0.3) is 10.9 Å². The Bertz CT molecular complexity index is 1410. The molecule has 10 heteroatoms. The lowest BCUT2D eigenvalue weighted by Crippen LogP contribution is -2.46. The molecule has 2 saturated carbocycles. The fourth-order valence-corrected chi connectivity index (χ4v) is 6.25. The Hall–Kier alpha value is -2.94. The van der Waals surface area contributed by atoms with E-state index >= 15 is 0 Å². The van der Waals surface area contributed by atoms with Crippen LogP contribution in [-0.4, -0.2) is 68.8 Å². The van der Waals surface area contributed by atoms with Crippen LogP contribution in [0.15, 0.2) is 48.5 Å². The van der Waals surface area contributed by atoms with Gasteiger partial charge in [-0.3, -0.25) is 4.90 Å². The number of nitrogens with zero attached hydrogens (tertiary/aromatic N) is 3. The molecule has 0 bridgehead atoms. The molecule has 2 aliphatic carbocycles. The highest BCUT2D eigenvalue weighted by Crippen LogP contribution is 2.85. The predicted octanol–water partition coefficient (Wildman–Crippen LogP) is 6.81. The van der Waals surface area contributed by atoms with Gasteiger partial charge in [0, 0.05) is 49.1 Å². The molecule has 3 fully saturated rings. The maximum Gasteiger partial charge on any atom is 0.511 e. The minimum absolute atomic E-state index is 0.219. The van der Waals surface area contributed by atoms with E-state index in [4.69, 9.17) is 42.1 Å². The van der Waals surface area contributed by atoms with Gasteiger partial charge in [-0.05, 0) is 68.0 Å². The minimum Gasteiger partial charge on any atom is -0.494 e. The Morgan fingerprint density at radius 2 is 1.76 bits per heavy atom. The highest BCUT2D eigenvalue weighted by atomic mass is 35.5. The fourth-order valence-electron chi connectivity index (χ4n) is 5.83. The lowest BCUT2D eigenvalue weighted by molar-refractivity contribution is -0.00143. The zero-order valence-electron chi connectivity index (χ0n) is 23.2. The van der Waals surface area contributed by atoms with E-state index in [-0.39, 0.29) is 12.2 Å². The van der Waals surface area contributed by atoms with Crippen LogP contribution in [0.1, 0.15) is 32.6 Å². The lowest BCUT2D eigenvalue weighted by Gasteiger charge is -2.36. The molecule has 6 rings (SSSR count). The van der Waals surface area contributed by atoms with Gasteiger partial charge in [0.15, 0.2) is 0 Å². The van der Waals surface area contributed by atoms with Crippen molar-refractivity contribution in [2.75, 3.05) is 57.6 Å². The number of piperazine rings is 1. The number of hydrogen-bond acceptors (Lipinski definition) is 8. The third-order valence-corrected chi connectivity index (χ3v) is 9.57. The van der Waals surface area contributed by atoms with Gasteiger partial charge >= 0.3 is 6.16 Å². The number of carbonyl (C=O) groups excluding carboxylic acids is 1. The Morgan fingerprint density at radius 1 is 0.976 bits per heavy atom. The molecule has 0 amide bonds. The number of rotatable bonds is 12. The normalized spacial score (nSPS) is 23.1. The molecule has 0 radical (unpaired) electrons. The van der Waals surface area contributed by atoms with E-state index in [2.05, 4.69) is 21.7 Å². The van der Waals surface area contributed by atoms with E-state index in [1.165, 1.54) is 0 Å². The Labute approximate surface area is 250 Å². The van der Waals surface area contributed by atoms with Crippen LogP contribution in [0.5, 0.6) is 11.6 Å². The Kier molecular flexibility index (Phi) is 8.07. The van der Waals surface area contributed by atoms with Gasteiger partial charge in [-0.1, -0.05) is 36.2 Å². The van der Waals surface area contributed by atoms with Crippen LogP contribution in [-0.2, 0) is 9.47 Å². The number of carbonyl (C=O) groups is 1. The molecular formula is C31H35Cl2N3O5. The van der Waals surface area contributed by atoms with Gasteiger partial charge in [0.25, 0.3) is 0 Å². The lowest BCUT2D eigenvalue weighted by atomic mass is 10.2. The maximum absolute atomic E-state index is 11.8. The summed E-state index contributed by atoms with van der Waals surface area (Å²) in [6.07, 6.45) is 3.59. The zero-order chi connectivity index (χ0) is 28.5. The summed E-state index contributed by atoms with van der Waals surface area (Å²) < 4.78 is 21.8. The highest BCUT2D eigenvalue weighted by molar-refractivity contribution is 6.43. The smallest absolute Gasteiger partial charge is 0.494 e. The van der Waals surface area contributed by atoms with Crippen LogP contribution in [0.3, 0.4) is 0 Å². The summed E-state index contributed by atoms with van der Waals surface area (Å²) in [6.45, 7) is 7.93. The zero-order valence-corrected chi connectivity index (χ0v) is 24.8. The number of unbranched alkanes of at least 4 members (excludes halogenated alkanes) is 1. The van der Waals surface area contributed by atoms with Gasteiger partial charge < -0.3 is 23.8 Å². The Morgan fingerprint density at radius 3 is 2.54 bits per heavy atom. The minimum atomic E-state index is -0.707. The molecule has 3 aliphatic rings. The number of benzene rings is 2. The number of anilines is 1. The second-order valence-electron chi connectivity index (χ2n) is 11.6. The molecule has 0 spiro atoms. The summed E-state index contributed by atoms with van der Waals surface area (Å²) >= 11 is 12.6. The standard InChI is InChI=1S/C31H35Cl2N3O5/c1-30-18-31(30,19-30)20-39-29(37)41-21-40-27-10-8-22-7-9-23(17-25(22)34-27)38-16-3-2-11-35-12-14-36(15-13-35)26-6-4-5-24(32)28(26)33/h4-10,17H,2-3,11-16,18-21H2,1H3. The van der Waals surface area contributed by atoms with E-state index in [0.29, 0.717) is 34.6 Å². The van der Waals surface area contributed by atoms with Crippen LogP contribution in [0.4, 0.5) is 10.5 Å². The van der Waals surface area contributed by atoms with Crippen molar-refractivity contribution in [2.24, 2.45) is 10.8 Å². The molecule has 218 valence electrons. The van der Waals surface area contributed by atoms with Crippen molar-refractivity contribution >= 4 is 45.9 Å². The molecule has 3 aromatic rings. The summed E-state index contributed by atoms with van der Waals surface area (Å²) in [5.41, 5.74) is 2.38. The van der Waals surface area contributed by atoms with Crippen molar-refractivity contribution < 1.29 is 23.7 Å². The summed E-state index contributed by atoms with van der Waals surface area (Å²) in [4.78, 5) is 21.1. The van der Waals surface area contributed by atoms with Crippen molar-refractivity contribution in [3.8, 4) is 11.6 Å². The first kappa shape index (κ1) is 28.2. The van der Waals surface area contributed by atoms with Crippen molar-refractivity contribution in [2.45, 2.75) is 32.6 Å². The third kappa shape index (κ3) is 6.45. The molecule has 0 atom stereocenters. The topological polar surface area (TPSA) is 73.4 Å². The number of aromatic nitrogens is 1. The van der Waals surface area contributed by atoms with Crippen LogP contribution >= 0.6 is 23.2 Å². The van der Waals surface area contributed by atoms with Crippen molar-refractivity contribution in [1.82, 2.24) is 9.88 Å². The number of ether oxygens (including phenoxy) is 4. The average Bonchev–Trinajstić information content (AvgIpc) is 3.77. The first-order valence-electron chi connectivity index (χ1n) is 14.2. The SMILES string of the molecule is CC12CC1(COC(=O)OCOc1ccc3ccc(OCCCCN4CCN(c5cccc(Cl)c5Cl)CC4)cc3n1)C2. The van der Waals surface area contributed by atoms with Gasteiger partial charge in [0.05, 0.1) is 27.9 Å². The van der Waals surface area contributed by atoms with Gasteiger partial charge in [-0.2, -0.15) is 0 Å². The molecule has 1 aromatic heterocycles. The van der Waals surface area contributed by atoms with Crippen molar-refractivity contribution in [1.29, 1.82) is 0 Å². The van der Waals surface area contributed by atoms with Crippen molar-refractivity contribution in [3.63, 3.8) is 0 Å². The van der Waals surface area contributed by atoms with Gasteiger partial charge in [-0.25, -0.2) is 9.78 Å². The van der Waals surface area contributed by atoms with E-state index in [9.17, 15) is 4.79 Å². The van der Waals surface area contributed by atoms with Gasteiger partial charge in [0.2, 0.25) is 12.7 Å². The Balaban J connectivity index is 0.884. The highest BCUT2D eigenvalue weighted by Gasteiger charge is 2.80. The second-order valence-corrected chi connectivity index (χ2v) is 12.4. The number of halogens is 2. The molecule has 2 heterocycles. The molecule has 2 aromatic carbocycles. The summed E-state index contributed by atoms with van der Waals surface area (Å²) in [5, 5.41) is 2.20. The predicted molar refractivity (Wildman–Crippen MR) is 159 cm³/mol. The van der Waals surface area contributed by atoms with Gasteiger partial charge in [0.1, 0.15) is 12.4 Å². The number of pyridine rings is 1. The van der Waals surface area contributed by atoms with Crippen molar-refractivity contribution in [3.05, 3.63) is 58.6 Å². The first-order valence-corrected chi connectivity index (χ1v) is 15.0. The molecule has 41 heavy (non-hydrogen) atoms. The van der Waals surface area contributed by atoms with Crippen LogP contribution in [0, 0.1) is 10.8 Å². The van der Waals surface area contributed by atoms with E-state index in [1.54, 1.807) is 6.07 Å². The maximum atomic E-state index is 11.8. The van der Waals surface area contributed by atoms with E-state index < -0.39 is 6.16 Å². The average molecular weight is 601 g/mol. The first-order chi connectivity index (χ1) is 19.8. The molecule has 0 unspecified atom stereocenters. The summed E-state index contributed by atoms with van der Waals surface area (Å²) in [6, 6.07) is 15.3. The molecule has 1 aliphatic heterocycles. The summed E-state index contributed by atoms with van der Waals surface area (Å²) in [5.74, 6) is 1.14. The molecule has 8 nitrogen and oxygen atoms in total. The van der Waals surface area contributed by atoms with Crippen LogP contribution in [0.2, 0.25) is 10.0 Å². The van der Waals surface area contributed by atoms with E-state index in [1.807, 2.05) is 42.5 Å². The molecule has 0 N–H and O–H groups in total. The molecular weight excluding hydrogens is 565 g/mol. The number of hydrogen-bond donors (Lipinski definition) is 0. The monoisotopic (exact) mass is 599 g/mol. The largest absolute Gasteiger partial charge is 0.511 e. The molecule has 1 saturated heterocycles. The fraction of sp³-hybridized carbons (Fsp3) is 0.484.